The summed E-state index contributed by atoms with van der Waals surface area (Å²) >= 11 is 1.69. The van der Waals surface area contributed by atoms with Crippen LogP contribution in [0, 0.1) is 0 Å². The number of hydrogen-bond donors (Lipinski definition) is 0. The van der Waals surface area contributed by atoms with Crippen LogP contribution in [0.1, 0.15) is 31.0 Å². The van der Waals surface area contributed by atoms with Gasteiger partial charge in [0.1, 0.15) is 5.82 Å². The largest absolute Gasteiger partial charge is 0.354 e. The monoisotopic (exact) mass is 443 g/mol. The number of nitrogens with zero attached hydrogens (tertiary/aromatic N) is 5. The summed E-state index contributed by atoms with van der Waals surface area (Å²) in [7, 11) is -0.753. The average Bonchev–Trinajstić information content (AvgIpc) is 3.26. The standard InChI is InChI=1S/C22H29N5OS2/c1-5-17-12-19(30(4,28)23-3)14-24-22(17)27-10-8-26(9-11-27)16(2)18-6-7-21-20(13-18)25-15-29-21/h6-7,12-16H,5,8-11H2,1-4H3/t16-,30-/m1/s1. The molecule has 8 heteroatoms. The van der Waals surface area contributed by atoms with Gasteiger partial charge in [0.05, 0.1) is 30.4 Å². The predicted molar refractivity (Wildman–Crippen MR) is 126 cm³/mol. The molecule has 1 aromatic carbocycles. The Kier molecular flexibility index (Phi) is 6.09. The van der Waals surface area contributed by atoms with E-state index in [4.69, 9.17) is 4.98 Å². The minimum absolute atomic E-state index is 0.357. The third-order valence-electron chi connectivity index (χ3n) is 6.08. The first kappa shape index (κ1) is 21.2. The molecule has 0 N–H and O–H groups in total. The van der Waals surface area contributed by atoms with Crippen molar-refractivity contribution in [2.45, 2.75) is 31.2 Å². The first-order valence-electron chi connectivity index (χ1n) is 10.3. The molecule has 1 saturated heterocycles. The number of piperazine rings is 1. The van der Waals surface area contributed by atoms with Gasteiger partial charge in [-0.25, -0.2) is 18.5 Å². The van der Waals surface area contributed by atoms with Crippen molar-refractivity contribution in [1.29, 1.82) is 0 Å². The number of thiazole rings is 1. The van der Waals surface area contributed by atoms with E-state index in [1.165, 1.54) is 10.3 Å². The maximum Gasteiger partial charge on any atom is 0.131 e. The maximum absolute atomic E-state index is 12.6. The van der Waals surface area contributed by atoms with Crippen molar-refractivity contribution in [2.24, 2.45) is 4.36 Å². The van der Waals surface area contributed by atoms with Crippen LogP contribution in [0.2, 0.25) is 0 Å². The van der Waals surface area contributed by atoms with Crippen LogP contribution in [0.25, 0.3) is 10.2 Å². The fourth-order valence-electron chi connectivity index (χ4n) is 4.01. The summed E-state index contributed by atoms with van der Waals surface area (Å²) in [4.78, 5) is 14.8. The minimum Gasteiger partial charge on any atom is -0.354 e. The molecule has 0 radical (unpaired) electrons. The summed E-state index contributed by atoms with van der Waals surface area (Å²) in [6.45, 7) is 8.23. The summed E-state index contributed by atoms with van der Waals surface area (Å²) in [5.74, 6) is 1.02. The van der Waals surface area contributed by atoms with E-state index in [1.807, 2.05) is 11.6 Å². The Morgan fingerprint density at radius 2 is 1.97 bits per heavy atom. The molecule has 0 aliphatic carbocycles. The van der Waals surface area contributed by atoms with Crippen LogP contribution in [0.4, 0.5) is 5.82 Å². The Labute approximate surface area is 183 Å². The Morgan fingerprint density at radius 1 is 1.20 bits per heavy atom. The third kappa shape index (κ3) is 4.08. The zero-order chi connectivity index (χ0) is 21.3. The van der Waals surface area contributed by atoms with Gasteiger partial charge in [-0.15, -0.1) is 11.3 Å². The number of pyridine rings is 1. The van der Waals surface area contributed by atoms with E-state index in [0.717, 1.165) is 54.4 Å². The fraction of sp³-hybridized carbons (Fsp3) is 0.455. The van der Waals surface area contributed by atoms with Gasteiger partial charge in [-0.1, -0.05) is 13.0 Å². The van der Waals surface area contributed by atoms with Gasteiger partial charge in [-0.2, -0.15) is 0 Å². The molecule has 1 fully saturated rings. The molecule has 0 amide bonds. The van der Waals surface area contributed by atoms with Crippen molar-refractivity contribution < 1.29 is 4.21 Å². The zero-order valence-electron chi connectivity index (χ0n) is 18.0. The molecule has 4 rings (SSSR count). The molecule has 30 heavy (non-hydrogen) atoms. The highest BCUT2D eigenvalue weighted by Crippen LogP contribution is 2.28. The lowest BCUT2D eigenvalue weighted by Gasteiger charge is -2.39. The highest BCUT2D eigenvalue weighted by molar-refractivity contribution is 7.93. The van der Waals surface area contributed by atoms with Crippen molar-refractivity contribution in [1.82, 2.24) is 14.9 Å². The molecule has 0 saturated carbocycles. The molecular weight excluding hydrogens is 414 g/mol. The van der Waals surface area contributed by atoms with E-state index < -0.39 is 9.73 Å². The second-order valence-corrected chi connectivity index (χ2v) is 11.1. The fourth-order valence-corrected chi connectivity index (χ4v) is 5.48. The summed E-state index contributed by atoms with van der Waals surface area (Å²) in [5, 5.41) is 0. The van der Waals surface area contributed by atoms with Crippen LogP contribution in [0.5, 0.6) is 0 Å². The van der Waals surface area contributed by atoms with Crippen LogP contribution in [-0.2, 0) is 16.1 Å². The lowest BCUT2D eigenvalue weighted by molar-refractivity contribution is 0.198. The first-order chi connectivity index (χ1) is 14.4. The zero-order valence-corrected chi connectivity index (χ0v) is 19.7. The molecule has 3 aromatic rings. The Morgan fingerprint density at radius 3 is 2.67 bits per heavy atom. The van der Waals surface area contributed by atoms with Crippen LogP contribution in [0.15, 0.2) is 45.2 Å². The smallest absolute Gasteiger partial charge is 0.131 e. The molecule has 0 unspecified atom stereocenters. The van der Waals surface area contributed by atoms with Gasteiger partial charge < -0.3 is 4.90 Å². The maximum atomic E-state index is 12.6. The number of rotatable bonds is 5. The molecule has 160 valence electrons. The van der Waals surface area contributed by atoms with E-state index >= 15 is 0 Å². The molecule has 0 bridgehead atoms. The topological polar surface area (TPSA) is 61.7 Å². The van der Waals surface area contributed by atoms with E-state index in [9.17, 15) is 4.21 Å². The number of benzene rings is 1. The number of anilines is 1. The van der Waals surface area contributed by atoms with Crippen molar-refractivity contribution in [3.8, 4) is 0 Å². The minimum atomic E-state index is -2.36. The van der Waals surface area contributed by atoms with Crippen LogP contribution in [-0.4, -0.2) is 58.6 Å². The highest BCUT2D eigenvalue weighted by Gasteiger charge is 2.24. The predicted octanol–water partition coefficient (Wildman–Crippen LogP) is 4.22. The van der Waals surface area contributed by atoms with Gasteiger partial charge in [-0.3, -0.25) is 4.90 Å². The van der Waals surface area contributed by atoms with Gasteiger partial charge in [0.25, 0.3) is 0 Å². The lowest BCUT2D eigenvalue weighted by Crippen LogP contribution is -2.47. The molecule has 0 spiro atoms. The van der Waals surface area contributed by atoms with E-state index in [2.05, 4.69) is 51.2 Å². The first-order valence-corrected chi connectivity index (χ1v) is 13.1. The number of hydrogen-bond acceptors (Lipinski definition) is 7. The van der Waals surface area contributed by atoms with Crippen molar-refractivity contribution in [3.63, 3.8) is 0 Å². The summed E-state index contributed by atoms with van der Waals surface area (Å²) < 4.78 is 17.9. The van der Waals surface area contributed by atoms with Gasteiger partial charge in [0, 0.05) is 51.7 Å². The normalized spacial score (nSPS) is 18.3. The molecule has 3 heterocycles. The van der Waals surface area contributed by atoms with Gasteiger partial charge in [-0.05, 0) is 42.7 Å². The van der Waals surface area contributed by atoms with Crippen molar-refractivity contribution in [2.75, 3.05) is 44.4 Å². The molecule has 6 nitrogen and oxygen atoms in total. The molecule has 1 aliphatic heterocycles. The summed E-state index contributed by atoms with van der Waals surface area (Å²) in [5.41, 5.74) is 5.46. The Bertz CT molecular complexity index is 1160. The average molecular weight is 444 g/mol. The van der Waals surface area contributed by atoms with E-state index in [0.29, 0.717) is 6.04 Å². The molecular formula is C22H29N5OS2. The van der Waals surface area contributed by atoms with E-state index in [-0.39, 0.29) is 0 Å². The van der Waals surface area contributed by atoms with Gasteiger partial charge in [0.2, 0.25) is 0 Å². The second-order valence-electron chi connectivity index (χ2n) is 7.77. The van der Waals surface area contributed by atoms with Gasteiger partial charge >= 0.3 is 0 Å². The van der Waals surface area contributed by atoms with Crippen LogP contribution < -0.4 is 4.90 Å². The number of aromatic nitrogens is 2. The van der Waals surface area contributed by atoms with Gasteiger partial charge in [0.15, 0.2) is 0 Å². The summed E-state index contributed by atoms with van der Waals surface area (Å²) in [6, 6.07) is 9.01. The van der Waals surface area contributed by atoms with Crippen molar-refractivity contribution >= 4 is 37.1 Å². The SMILES string of the molecule is CCc1cc([S@@](C)(=O)=NC)cnc1N1CCN([C@H](C)c2ccc3scnc3c2)CC1. The molecule has 1 aliphatic rings. The lowest BCUT2D eigenvalue weighted by atomic mass is 10.1. The number of aryl methyl sites for hydroxylation is 1. The second kappa shape index (κ2) is 8.61. The molecule has 2 atom stereocenters. The summed E-state index contributed by atoms with van der Waals surface area (Å²) in [6.07, 6.45) is 4.27. The Balaban J connectivity index is 1.48. The Hall–Kier alpha value is -2.03. The van der Waals surface area contributed by atoms with Crippen LogP contribution in [0.3, 0.4) is 0 Å². The quantitative estimate of drug-likeness (QED) is 0.591. The van der Waals surface area contributed by atoms with Crippen LogP contribution >= 0.6 is 11.3 Å². The number of fused-ring (bicyclic) bond motifs is 1. The molecule has 2 aromatic heterocycles. The highest BCUT2D eigenvalue weighted by atomic mass is 32.2. The van der Waals surface area contributed by atoms with E-state index in [1.54, 1.807) is 30.8 Å². The van der Waals surface area contributed by atoms with Crippen molar-refractivity contribution in [3.05, 3.63) is 47.1 Å². The third-order valence-corrected chi connectivity index (χ3v) is 8.69.